The van der Waals surface area contributed by atoms with E-state index in [1.807, 2.05) is 13.8 Å². The number of rotatable bonds is 8. The second-order valence-corrected chi connectivity index (χ2v) is 5.29. The summed E-state index contributed by atoms with van der Waals surface area (Å²) in [7, 11) is 0. The smallest absolute Gasteiger partial charge is 0.237 e. The van der Waals surface area contributed by atoms with Crippen molar-refractivity contribution in [2.45, 2.75) is 32.9 Å². The Hall–Kier alpha value is -0.910. The molecule has 1 fully saturated rings. The fourth-order valence-corrected chi connectivity index (χ4v) is 2.52. The van der Waals surface area contributed by atoms with Gasteiger partial charge in [0.1, 0.15) is 0 Å². The van der Waals surface area contributed by atoms with Gasteiger partial charge >= 0.3 is 0 Å². The molecule has 5 nitrogen and oxygen atoms in total. The molecule has 116 valence electrons. The molecule has 0 saturated carbocycles. The molecular formula is C15H29N3O2. The highest BCUT2D eigenvalue weighted by Crippen LogP contribution is 2.12. The summed E-state index contributed by atoms with van der Waals surface area (Å²) in [5.74, 6) is 0.0832. The molecule has 1 saturated heterocycles. The van der Waals surface area contributed by atoms with Crippen LogP contribution in [0.4, 0.5) is 0 Å². The first kappa shape index (κ1) is 17.1. The molecule has 20 heavy (non-hydrogen) atoms. The largest absolute Gasteiger partial charge is 0.380 e. The summed E-state index contributed by atoms with van der Waals surface area (Å²) in [6.07, 6.45) is 1.71. The van der Waals surface area contributed by atoms with Crippen LogP contribution in [-0.4, -0.2) is 73.7 Å². The minimum absolute atomic E-state index is 0.0774. The van der Waals surface area contributed by atoms with E-state index in [2.05, 4.69) is 28.6 Å². The van der Waals surface area contributed by atoms with Crippen molar-refractivity contribution < 1.29 is 9.53 Å². The number of hydrogen-bond acceptors (Lipinski definition) is 4. The third-order valence-corrected chi connectivity index (χ3v) is 3.87. The Morgan fingerprint density at radius 3 is 2.90 bits per heavy atom. The van der Waals surface area contributed by atoms with E-state index >= 15 is 0 Å². The summed E-state index contributed by atoms with van der Waals surface area (Å²) in [5.41, 5.74) is 0. The Morgan fingerprint density at radius 1 is 1.55 bits per heavy atom. The number of piperazine rings is 1. The lowest BCUT2D eigenvalue weighted by molar-refractivity contribution is -0.126. The highest BCUT2D eigenvalue weighted by molar-refractivity contribution is 5.81. The average molecular weight is 283 g/mol. The monoisotopic (exact) mass is 283 g/mol. The average Bonchev–Trinajstić information content (AvgIpc) is 2.45. The minimum atomic E-state index is -0.0774. The lowest BCUT2D eigenvalue weighted by atomic mass is 10.1. The van der Waals surface area contributed by atoms with Crippen molar-refractivity contribution in [3.05, 3.63) is 12.7 Å². The minimum Gasteiger partial charge on any atom is -0.380 e. The zero-order chi connectivity index (χ0) is 15.0. The van der Waals surface area contributed by atoms with Crippen molar-refractivity contribution in [1.29, 1.82) is 0 Å². The molecule has 0 aromatic heterocycles. The van der Waals surface area contributed by atoms with Gasteiger partial charge in [-0.05, 0) is 20.8 Å². The van der Waals surface area contributed by atoms with E-state index in [1.54, 1.807) is 6.08 Å². The van der Waals surface area contributed by atoms with Crippen molar-refractivity contribution in [3.8, 4) is 0 Å². The lowest BCUT2D eigenvalue weighted by Crippen LogP contribution is -2.57. The van der Waals surface area contributed by atoms with Crippen LogP contribution < -0.4 is 5.32 Å². The van der Waals surface area contributed by atoms with Crippen LogP contribution in [0.15, 0.2) is 12.7 Å². The number of carbonyl (C=O) groups is 1. The second-order valence-electron chi connectivity index (χ2n) is 5.29. The molecular weight excluding hydrogens is 254 g/mol. The number of amides is 1. The first-order chi connectivity index (χ1) is 9.60. The highest BCUT2D eigenvalue weighted by Gasteiger charge is 2.29. The Labute approximate surface area is 122 Å². The Bertz CT molecular complexity index is 309. The van der Waals surface area contributed by atoms with Crippen molar-refractivity contribution in [2.75, 3.05) is 45.9 Å². The van der Waals surface area contributed by atoms with Crippen LogP contribution >= 0.6 is 0 Å². The van der Waals surface area contributed by atoms with E-state index in [9.17, 15) is 4.79 Å². The van der Waals surface area contributed by atoms with Crippen LogP contribution in [0.25, 0.3) is 0 Å². The SMILES string of the molecule is C=CCNC(=O)[C@@H](C)N1CCN(CCOCC)[C@@H](C)C1. The highest BCUT2D eigenvalue weighted by atomic mass is 16.5. The molecule has 0 radical (unpaired) electrons. The van der Waals surface area contributed by atoms with E-state index < -0.39 is 0 Å². The van der Waals surface area contributed by atoms with Gasteiger partial charge in [0.15, 0.2) is 0 Å². The molecule has 2 atom stereocenters. The maximum atomic E-state index is 12.0. The standard InChI is InChI=1S/C15H29N3O2/c1-5-7-16-15(19)14(4)18-9-8-17(13(3)12-18)10-11-20-6-2/h5,13-14H,1,6-12H2,2-4H3,(H,16,19)/t13-,14+/m0/s1. The summed E-state index contributed by atoms with van der Waals surface area (Å²) in [4.78, 5) is 16.6. The van der Waals surface area contributed by atoms with E-state index in [0.29, 0.717) is 12.6 Å². The molecule has 0 bridgehead atoms. The molecule has 0 aromatic rings. The van der Waals surface area contributed by atoms with Gasteiger partial charge in [0.25, 0.3) is 0 Å². The zero-order valence-electron chi connectivity index (χ0n) is 13.1. The van der Waals surface area contributed by atoms with Crippen molar-refractivity contribution in [3.63, 3.8) is 0 Å². The van der Waals surface area contributed by atoms with E-state index in [4.69, 9.17) is 4.74 Å². The topological polar surface area (TPSA) is 44.8 Å². The molecule has 0 aromatic carbocycles. The van der Waals surface area contributed by atoms with E-state index in [0.717, 1.165) is 39.4 Å². The molecule has 1 aliphatic rings. The van der Waals surface area contributed by atoms with Gasteiger partial charge in [-0.3, -0.25) is 14.6 Å². The molecule has 1 N–H and O–H groups in total. The molecule has 0 aliphatic carbocycles. The maximum absolute atomic E-state index is 12.0. The van der Waals surface area contributed by atoms with Gasteiger partial charge in [0.2, 0.25) is 5.91 Å². The van der Waals surface area contributed by atoms with Gasteiger partial charge < -0.3 is 10.1 Å². The summed E-state index contributed by atoms with van der Waals surface area (Å²) in [6.45, 7) is 15.7. The number of carbonyl (C=O) groups excluding carboxylic acids is 1. The predicted molar refractivity (Wildman–Crippen MR) is 81.8 cm³/mol. The normalized spacial score (nSPS) is 22.4. The third kappa shape index (κ3) is 5.23. The molecule has 0 unspecified atom stereocenters. The number of hydrogen-bond donors (Lipinski definition) is 1. The quantitative estimate of drug-likeness (QED) is 0.527. The van der Waals surface area contributed by atoms with E-state index in [-0.39, 0.29) is 11.9 Å². The number of nitrogens with zero attached hydrogens (tertiary/aromatic N) is 2. The van der Waals surface area contributed by atoms with Crippen LogP contribution in [0.1, 0.15) is 20.8 Å². The first-order valence-electron chi connectivity index (χ1n) is 7.54. The Morgan fingerprint density at radius 2 is 2.30 bits per heavy atom. The van der Waals surface area contributed by atoms with Crippen molar-refractivity contribution in [1.82, 2.24) is 15.1 Å². The molecule has 0 spiro atoms. The van der Waals surface area contributed by atoms with Gasteiger partial charge in [-0.25, -0.2) is 0 Å². The molecule has 1 aliphatic heterocycles. The van der Waals surface area contributed by atoms with Crippen molar-refractivity contribution >= 4 is 5.91 Å². The maximum Gasteiger partial charge on any atom is 0.237 e. The molecule has 5 heteroatoms. The van der Waals surface area contributed by atoms with Gasteiger partial charge in [0, 0.05) is 45.4 Å². The summed E-state index contributed by atoms with van der Waals surface area (Å²) < 4.78 is 5.41. The lowest BCUT2D eigenvalue weighted by Gasteiger charge is -2.41. The molecule has 1 rings (SSSR count). The van der Waals surface area contributed by atoms with Crippen LogP contribution in [0.5, 0.6) is 0 Å². The summed E-state index contributed by atoms with van der Waals surface area (Å²) >= 11 is 0. The van der Waals surface area contributed by atoms with Gasteiger partial charge in [-0.2, -0.15) is 0 Å². The molecule has 1 heterocycles. The fourth-order valence-electron chi connectivity index (χ4n) is 2.52. The van der Waals surface area contributed by atoms with Crippen LogP contribution in [-0.2, 0) is 9.53 Å². The van der Waals surface area contributed by atoms with Crippen LogP contribution in [0.3, 0.4) is 0 Å². The summed E-state index contributed by atoms with van der Waals surface area (Å²) in [5, 5.41) is 2.87. The fraction of sp³-hybridized carbons (Fsp3) is 0.800. The van der Waals surface area contributed by atoms with Gasteiger partial charge in [-0.15, -0.1) is 6.58 Å². The predicted octanol–water partition coefficient (Wildman–Crippen LogP) is 0.720. The van der Waals surface area contributed by atoms with Gasteiger partial charge in [0.05, 0.1) is 12.6 Å². The Balaban J connectivity index is 2.37. The van der Waals surface area contributed by atoms with Crippen LogP contribution in [0.2, 0.25) is 0 Å². The van der Waals surface area contributed by atoms with Crippen molar-refractivity contribution in [2.24, 2.45) is 0 Å². The third-order valence-electron chi connectivity index (χ3n) is 3.87. The second kappa shape index (κ2) is 9.10. The number of ether oxygens (including phenoxy) is 1. The first-order valence-corrected chi connectivity index (χ1v) is 7.54. The summed E-state index contributed by atoms with van der Waals surface area (Å²) in [6, 6.07) is 0.380. The molecule has 1 amide bonds. The number of nitrogens with one attached hydrogen (secondary N) is 1. The van der Waals surface area contributed by atoms with Gasteiger partial charge in [-0.1, -0.05) is 6.08 Å². The zero-order valence-corrected chi connectivity index (χ0v) is 13.1. The Kier molecular flexibility index (Phi) is 7.80. The van der Waals surface area contributed by atoms with Crippen LogP contribution in [0, 0.1) is 0 Å². The van der Waals surface area contributed by atoms with E-state index in [1.165, 1.54) is 0 Å².